The number of carbonyl (C=O) groups excluding carboxylic acids is 1. The van der Waals surface area contributed by atoms with Gasteiger partial charge in [-0.25, -0.2) is 8.42 Å². The topological polar surface area (TPSA) is 106 Å². The molecule has 0 aliphatic carbocycles. The number of carbonyl (C=O) groups is 1. The van der Waals surface area contributed by atoms with E-state index < -0.39 is 25.4 Å². The smallest absolute Gasteiger partial charge is 0.270 e. The SMILES string of the molecule is CC(C)(CNC(=O)c1cc([N+](=O)[O-])ccc1Br)S(C)(=O)=O. The quantitative estimate of drug-likeness (QED) is 0.621. The number of benzene rings is 1. The summed E-state index contributed by atoms with van der Waals surface area (Å²) < 4.78 is 22.4. The molecule has 0 saturated heterocycles. The number of non-ortho nitro benzene ring substituents is 1. The van der Waals surface area contributed by atoms with E-state index >= 15 is 0 Å². The maximum absolute atomic E-state index is 12.1. The molecule has 0 aliphatic rings. The number of amides is 1. The molecule has 116 valence electrons. The first-order chi connectivity index (χ1) is 9.45. The van der Waals surface area contributed by atoms with Gasteiger partial charge in [0.25, 0.3) is 11.6 Å². The molecular weight excluding hydrogens is 364 g/mol. The van der Waals surface area contributed by atoms with E-state index in [2.05, 4.69) is 21.2 Å². The third-order valence-corrected chi connectivity index (χ3v) is 5.93. The maximum atomic E-state index is 12.1. The Bertz CT molecular complexity index is 685. The second kappa shape index (κ2) is 6.10. The van der Waals surface area contributed by atoms with Crippen LogP contribution in [0.3, 0.4) is 0 Å². The van der Waals surface area contributed by atoms with Gasteiger partial charge in [0.1, 0.15) is 0 Å². The summed E-state index contributed by atoms with van der Waals surface area (Å²) in [5.74, 6) is -0.581. The van der Waals surface area contributed by atoms with Crippen LogP contribution in [0.2, 0.25) is 0 Å². The minimum absolute atomic E-state index is 0.0773. The van der Waals surface area contributed by atoms with Gasteiger partial charge in [0, 0.05) is 29.4 Å². The summed E-state index contributed by atoms with van der Waals surface area (Å²) in [6, 6.07) is 3.79. The van der Waals surface area contributed by atoms with Crippen molar-refractivity contribution in [3.8, 4) is 0 Å². The molecule has 0 spiro atoms. The minimum Gasteiger partial charge on any atom is -0.350 e. The molecule has 0 atom stereocenters. The molecule has 1 rings (SSSR count). The Morgan fingerprint density at radius 1 is 1.43 bits per heavy atom. The number of rotatable bonds is 5. The number of hydrogen-bond donors (Lipinski definition) is 1. The van der Waals surface area contributed by atoms with E-state index in [0.717, 1.165) is 12.3 Å². The molecule has 1 N–H and O–H groups in total. The van der Waals surface area contributed by atoms with Gasteiger partial charge in [-0.1, -0.05) is 0 Å². The third kappa shape index (κ3) is 4.24. The molecule has 0 unspecified atom stereocenters. The van der Waals surface area contributed by atoms with Gasteiger partial charge in [-0.05, 0) is 35.8 Å². The summed E-state index contributed by atoms with van der Waals surface area (Å²) in [7, 11) is -3.35. The molecule has 0 aliphatic heterocycles. The van der Waals surface area contributed by atoms with Gasteiger partial charge in [-0.15, -0.1) is 0 Å². The predicted molar refractivity (Wildman–Crippen MR) is 82.1 cm³/mol. The standard InChI is InChI=1S/C12H15BrN2O5S/c1-12(2,21(3,19)20)7-14-11(16)9-6-8(15(17)18)4-5-10(9)13/h4-6H,7H2,1-3H3,(H,14,16). The van der Waals surface area contributed by atoms with Crippen LogP contribution >= 0.6 is 15.9 Å². The highest BCUT2D eigenvalue weighted by molar-refractivity contribution is 9.10. The first-order valence-corrected chi connectivity index (χ1v) is 8.56. The Kier molecular flexibility index (Phi) is 5.11. The lowest BCUT2D eigenvalue weighted by atomic mass is 10.1. The lowest BCUT2D eigenvalue weighted by molar-refractivity contribution is -0.384. The molecule has 0 saturated carbocycles. The van der Waals surface area contributed by atoms with Gasteiger partial charge >= 0.3 is 0 Å². The molecule has 21 heavy (non-hydrogen) atoms. The van der Waals surface area contributed by atoms with Crippen molar-refractivity contribution >= 4 is 37.4 Å². The summed E-state index contributed by atoms with van der Waals surface area (Å²) >= 11 is 3.14. The summed E-state index contributed by atoms with van der Waals surface area (Å²) in [6.45, 7) is 2.88. The minimum atomic E-state index is -3.35. The van der Waals surface area contributed by atoms with E-state index in [1.54, 1.807) is 0 Å². The third-order valence-electron chi connectivity index (χ3n) is 3.08. The molecule has 9 heteroatoms. The number of nitro groups is 1. The van der Waals surface area contributed by atoms with Crippen molar-refractivity contribution in [3.05, 3.63) is 38.3 Å². The molecule has 7 nitrogen and oxygen atoms in total. The lowest BCUT2D eigenvalue weighted by Gasteiger charge is -2.22. The fourth-order valence-corrected chi connectivity index (χ4v) is 2.08. The van der Waals surface area contributed by atoms with Crippen molar-refractivity contribution in [2.75, 3.05) is 12.8 Å². The first-order valence-electron chi connectivity index (χ1n) is 5.87. The van der Waals surface area contributed by atoms with E-state index in [0.29, 0.717) is 4.47 Å². The Morgan fingerprint density at radius 2 is 2.00 bits per heavy atom. The van der Waals surface area contributed by atoms with Crippen molar-refractivity contribution < 1.29 is 18.1 Å². The number of nitrogens with zero attached hydrogens (tertiary/aromatic N) is 1. The van der Waals surface area contributed by atoms with Crippen molar-refractivity contribution in [3.63, 3.8) is 0 Å². The first kappa shape index (κ1) is 17.6. The lowest BCUT2D eigenvalue weighted by Crippen LogP contribution is -2.43. The van der Waals surface area contributed by atoms with Gasteiger partial charge in [0.15, 0.2) is 9.84 Å². The van der Waals surface area contributed by atoms with Crippen LogP contribution < -0.4 is 5.32 Å². The summed E-state index contributed by atoms with van der Waals surface area (Å²) in [4.78, 5) is 22.2. The van der Waals surface area contributed by atoms with Crippen LogP contribution in [-0.2, 0) is 9.84 Å². The molecule has 1 aromatic rings. The highest BCUT2D eigenvalue weighted by Crippen LogP contribution is 2.23. The number of halogens is 1. The highest BCUT2D eigenvalue weighted by atomic mass is 79.9. The average molecular weight is 379 g/mol. The second-order valence-corrected chi connectivity index (χ2v) is 8.64. The number of nitrogens with one attached hydrogen (secondary N) is 1. The van der Waals surface area contributed by atoms with Crippen LogP contribution in [0.25, 0.3) is 0 Å². The largest absolute Gasteiger partial charge is 0.350 e. The van der Waals surface area contributed by atoms with Crippen LogP contribution in [0, 0.1) is 10.1 Å². The predicted octanol–water partition coefficient (Wildman–Crippen LogP) is 1.91. The van der Waals surface area contributed by atoms with Crippen molar-refractivity contribution in [1.82, 2.24) is 5.32 Å². The molecule has 1 amide bonds. The normalized spacial score (nSPS) is 12.0. The van der Waals surface area contributed by atoms with Gasteiger partial charge in [0.2, 0.25) is 0 Å². The van der Waals surface area contributed by atoms with Crippen molar-refractivity contribution in [2.24, 2.45) is 0 Å². The van der Waals surface area contributed by atoms with Crippen LogP contribution in [0.15, 0.2) is 22.7 Å². The average Bonchev–Trinajstić information content (AvgIpc) is 2.35. The van der Waals surface area contributed by atoms with Gasteiger partial charge in [0.05, 0.1) is 15.2 Å². The molecule has 0 heterocycles. The molecule has 1 aromatic carbocycles. The van der Waals surface area contributed by atoms with E-state index in [9.17, 15) is 23.3 Å². The van der Waals surface area contributed by atoms with E-state index in [1.807, 2.05) is 0 Å². The summed E-state index contributed by atoms with van der Waals surface area (Å²) in [5.41, 5.74) is -0.140. The molecule has 0 bridgehead atoms. The Balaban J connectivity index is 2.96. The zero-order valence-electron chi connectivity index (χ0n) is 11.7. The Hall–Kier alpha value is -1.48. The van der Waals surface area contributed by atoms with Crippen LogP contribution in [0.4, 0.5) is 5.69 Å². The maximum Gasteiger partial charge on any atom is 0.270 e. The zero-order chi connectivity index (χ0) is 16.4. The molecular formula is C12H15BrN2O5S. The molecule has 0 aromatic heterocycles. The number of nitro benzene ring substituents is 1. The fourth-order valence-electron chi connectivity index (χ4n) is 1.32. The van der Waals surface area contributed by atoms with E-state index in [1.165, 1.54) is 26.0 Å². The zero-order valence-corrected chi connectivity index (χ0v) is 14.1. The van der Waals surface area contributed by atoms with Crippen LogP contribution in [-0.4, -0.2) is 36.8 Å². The number of sulfone groups is 1. The van der Waals surface area contributed by atoms with Crippen LogP contribution in [0.5, 0.6) is 0 Å². The van der Waals surface area contributed by atoms with Gasteiger partial charge < -0.3 is 5.32 Å². The summed E-state index contributed by atoms with van der Waals surface area (Å²) in [6.07, 6.45) is 1.09. The van der Waals surface area contributed by atoms with E-state index in [-0.39, 0.29) is 17.8 Å². The van der Waals surface area contributed by atoms with Gasteiger partial charge in [-0.3, -0.25) is 14.9 Å². The fraction of sp³-hybridized carbons (Fsp3) is 0.417. The summed E-state index contributed by atoms with van der Waals surface area (Å²) in [5, 5.41) is 13.2. The Morgan fingerprint density at radius 3 is 2.48 bits per heavy atom. The van der Waals surface area contributed by atoms with E-state index in [4.69, 9.17) is 0 Å². The number of hydrogen-bond acceptors (Lipinski definition) is 5. The molecule has 0 radical (unpaired) electrons. The Labute approximate surface area is 130 Å². The second-order valence-electron chi connectivity index (χ2n) is 5.14. The highest BCUT2D eigenvalue weighted by Gasteiger charge is 2.31. The monoisotopic (exact) mass is 378 g/mol. The van der Waals surface area contributed by atoms with Crippen LogP contribution in [0.1, 0.15) is 24.2 Å². The van der Waals surface area contributed by atoms with Crippen molar-refractivity contribution in [2.45, 2.75) is 18.6 Å². The van der Waals surface area contributed by atoms with Gasteiger partial charge in [-0.2, -0.15) is 0 Å². The van der Waals surface area contributed by atoms with Crippen molar-refractivity contribution in [1.29, 1.82) is 0 Å². The molecule has 0 fully saturated rings.